The van der Waals surface area contributed by atoms with Crippen molar-refractivity contribution in [1.29, 1.82) is 0 Å². The van der Waals surface area contributed by atoms with E-state index in [0.717, 1.165) is 13.1 Å². The lowest BCUT2D eigenvalue weighted by atomic mass is 10.6. The predicted octanol–water partition coefficient (Wildman–Crippen LogP) is 2.43. The van der Waals surface area contributed by atoms with Gasteiger partial charge in [0.1, 0.15) is 0 Å². The van der Waals surface area contributed by atoms with Gasteiger partial charge in [0.25, 0.3) is 0 Å². The van der Waals surface area contributed by atoms with Crippen molar-refractivity contribution in [2.75, 3.05) is 13.1 Å². The first kappa shape index (κ1) is 10.3. The zero-order valence-corrected chi connectivity index (χ0v) is 8.00. The molecule has 1 nitrogen and oxygen atoms in total. The number of hydrogen-bond acceptors (Lipinski definition) is 2. The molecule has 0 radical (unpaired) electrons. The van der Waals surface area contributed by atoms with E-state index in [1.165, 1.54) is 0 Å². The van der Waals surface area contributed by atoms with Crippen molar-refractivity contribution in [3.63, 3.8) is 0 Å². The first-order valence-corrected chi connectivity index (χ1v) is 4.80. The molecule has 1 unspecified atom stereocenters. The molecule has 0 saturated carbocycles. The molecule has 0 spiro atoms. The maximum Gasteiger partial charge on any atom is 0.0801 e. The van der Waals surface area contributed by atoms with E-state index in [0.29, 0.717) is 0 Å². The minimum atomic E-state index is 0.179. The van der Waals surface area contributed by atoms with Crippen LogP contribution in [0.5, 0.6) is 0 Å². The summed E-state index contributed by atoms with van der Waals surface area (Å²) in [4.78, 5) is 0. The number of likely N-dealkylation sites (N-methyl/N-ethyl adjacent to an activating group) is 1. The van der Waals surface area contributed by atoms with Gasteiger partial charge < -0.3 is 5.32 Å². The molecule has 0 aliphatic heterocycles. The van der Waals surface area contributed by atoms with Crippen molar-refractivity contribution in [3.05, 3.63) is 11.5 Å². The minimum absolute atomic E-state index is 0.179. The number of alkyl halides is 1. The van der Waals surface area contributed by atoms with E-state index in [1.807, 2.05) is 12.3 Å². The quantitative estimate of drug-likeness (QED) is 0.514. The second kappa shape index (κ2) is 7.45. The molecule has 1 atom stereocenters. The summed E-state index contributed by atoms with van der Waals surface area (Å²) in [5.41, 5.74) is 0. The highest BCUT2D eigenvalue weighted by Crippen LogP contribution is 2.14. The molecule has 60 valence electrons. The lowest BCUT2D eigenvalue weighted by Gasteiger charge is -1.95. The number of hydrogen-bond donors (Lipinski definition) is 1. The summed E-state index contributed by atoms with van der Waals surface area (Å²) < 4.78 is 0.179. The molecular formula is C7H14ClNS. The SMILES string of the molecule is CCNC/C=C\SC(C)Cl. The fraction of sp³-hybridized carbons (Fsp3) is 0.714. The Morgan fingerprint density at radius 2 is 2.40 bits per heavy atom. The molecule has 0 aliphatic carbocycles. The first-order valence-electron chi connectivity index (χ1n) is 3.42. The van der Waals surface area contributed by atoms with Crippen LogP contribution in [0.1, 0.15) is 13.8 Å². The average Bonchev–Trinajstić information content (AvgIpc) is 1.87. The topological polar surface area (TPSA) is 12.0 Å². The fourth-order valence-electron chi connectivity index (χ4n) is 0.440. The normalized spacial score (nSPS) is 14.3. The summed E-state index contributed by atoms with van der Waals surface area (Å²) in [6.07, 6.45) is 2.08. The molecule has 0 saturated heterocycles. The molecule has 10 heavy (non-hydrogen) atoms. The Morgan fingerprint density at radius 3 is 2.90 bits per heavy atom. The largest absolute Gasteiger partial charge is 0.314 e. The van der Waals surface area contributed by atoms with Crippen LogP contribution in [0.3, 0.4) is 0 Å². The van der Waals surface area contributed by atoms with Crippen LogP contribution in [-0.4, -0.2) is 17.8 Å². The van der Waals surface area contributed by atoms with Crippen LogP contribution in [0.4, 0.5) is 0 Å². The van der Waals surface area contributed by atoms with Crippen molar-refractivity contribution in [2.45, 2.75) is 18.6 Å². The Morgan fingerprint density at radius 1 is 1.70 bits per heavy atom. The van der Waals surface area contributed by atoms with Gasteiger partial charge in [-0.3, -0.25) is 0 Å². The van der Waals surface area contributed by atoms with Crippen molar-refractivity contribution < 1.29 is 0 Å². The maximum absolute atomic E-state index is 5.68. The minimum Gasteiger partial charge on any atom is -0.314 e. The van der Waals surface area contributed by atoms with Gasteiger partial charge >= 0.3 is 0 Å². The second-order valence-electron chi connectivity index (χ2n) is 1.86. The van der Waals surface area contributed by atoms with Gasteiger partial charge in [0.15, 0.2) is 0 Å². The van der Waals surface area contributed by atoms with Crippen molar-refractivity contribution in [3.8, 4) is 0 Å². The molecule has 0 aromatic carbocycles. The van der Waals surface area contributed by atoms with Crippen LogP contribution in [-0.2, 0) is 0 Å². The molecule has 0 aromatic heterocycles. The van der Waals surface area contributed by atoms with Crippen LogP contribution in [0, 0.1) is 0 Å². The van der Waals surface area contributed by atoms with Gasteiger partial charge in [0.2, 0.25) is 0 Å². The highest BCUT2D eigenvalue weighted by Gasteiger charge is 1.88. The Kier molecular flexibility index (Phi) is 7.70. The maximum atomic E-state index is 5.68. The summed E-state index contributed by atoms with van der Waals surface area (Å²) in [5, 5.41) is 5.21. The lowest BCUT2D eigenvalue weighted by molar-refractivity contribution is 0.800. The van der Waals surface area contributed by atoms with Crippen molar-refractivity contribution in [1.82, 2.24) is 5.32 Å². The molecule has 0 amide bonds. The number of thioether (sulfide) groups is 1. The third-order valence-electron chi connectivity index (χ3n) is 0.874. The van der Waals surface area contributed by atoms with Crippen molar-refractivity contribution in [2.24, 2.45) is 0 Å². The third-order valence-corrected chi connectivity index (χ3v) is 1.91. The van der Waals surface area contributed by atoms with Gasteiger partial charge in [-0.25, -0.2) is 0 Å². The number of rotatable bonds is 5. The molecule has 3 heteroatoms. The van der Waals surface area contributed by atoms with Crippen LogP contribution in [0.25, 0.3) is 0 Å². The van der Waals surface area contributed by atoms with E-state index in [4.69, 9.17) is 11.6 Å². The molecular weight excluding hydrogens is 166 g/mol. The van der Waals surface area contributed by atoms with Gasteiger partial charge in [-0.2, -0.15) is 0 Å². The monoisotopic (exact) mass is 179 g/mol. The van der Waals surface area contributed by atoms with E-state index < -0.39 is 0 Å². The van der Waals surface area contributed by atoms with Gasteiger partial charge in [-0.05, 0) is 18.9 Å². The summed E-state index contributed by atoms with van der Waals surface area (Å²) in [7, 11) is 0. The van der Waals surface area contributed by atoms with E-state index in [2.05, 4.69) is 18.3 Å². The molecule has 0 fully saturated rings. The number of nitrogens with one attached hydrogen (secondary N) is 1. The predicted molar refractivity (Wildman–Crippen MR) is 50.6 cm³/mol. The summed E-state index contributed by atoms with van der Waals surface area (Å²) >= 11 is 7.31. The van der Waals surface area contributed by atoms with Gasteiger partial charge in [0.05, 0.1) is 4.71 Å². The summed E-state index contributed by atoms with van der Waals surface area (Å²) in [6.45, 7) is 6.01. The van der Waals surface area contributed by atoms with Gasteiger partial charge in [-0.1, -0.05) is 13.0 Å². The first-order chi connectivity index (χ1) is 4.77. The Bertz CT molecular complexity index is 93.6. The molecule has 0 aliphatic rings. The van der Waals surface area contributed by atoms with Crippen molar-refractivity contribution >= 4 is 23.4 Å². The highest BCUT2D eigenvalue weighted by atomic mass is 35.5. The molecule has 1 N–H and O–H groups in total. The molecule has 0 rings (SSSR count). The standard InChI is InChI=1S/C7H14ClNS/c1-3-9-5-4-6-10-7(2)8/h4,6-7,9H,3,5H2,1-2H3/b6-4-. The van der Waals surface area contributed by atoms with Crippen LogP contribution in [0.2, 0.25) is 0 Å². The molecule has 0 bridgehead atoms. The summed E-state index contributed by atoms with van der Waals surface area (Å²) in [5.74, 6) is 0. The van der Waals surface area contributed by atoms with E-state index in [-0.39, 0.29) is 4.71 Å². The lowest BCUT2D eigenvalue weighted by Crippen LogP contribution is -2.11. The Balaban J connectivity index is 3.04. The van der Waals surface area contributed by atoms with Gasteiger partial charge in [0, 0.05) is 6.54 Å². The second-order valence-corrected chi connectivity index (χ2v) is 4.02. The Hall–Kier alpha value is 0.340. The van der Waals surface area contributed by atoms with E-state index in [1.54, 1.807) is 11.8 Å². The molecule has 0 aromatic rings. The van der Waals surface area contributed by atoms with Crippen LogP contribution < -0.4 is 5.32 Å². The summed E-state index contributed by atoms with van der Waals surface area (Å²) in [6, 6.07) is 0. The van der Waals surface area contributed by atoms with Gasteiger partial charge in [-0.15, -0.1) is 23.4 Å². The highest BCUT2D eigenvalue weighted by molar-refractivity contribution is 8.03. The number of halogens is 1. The third kappa shape index (κ3) is 8.34. The van der Waals surface area contributed by atoms with E-state index >= 15 is 0 Å². The molecule has 0 heterocycles. The smallest absolute Gasteiger partial charge is 0.0801 e. The zero-order chi connectivity index (χ0) is 7.82. The fourth-order valence-corrected chi connectivity index (χ4v) is 1.04. The van der Waals surface area contributed by atoms with Crippen LogP contribution in [0.15, 0.2) is 11.5 Å². The average molecular weight is 180 g/mol. The zero-order valence-electron chi connectivity index (χ0n) is 6.43. The Labute approximate surface area is 72.2 Å². The van der Waals surface area contributed by atoms with Crippen LogP contribution >= 0.6 is 23.4 Å². The van der Waals surface area contributed by atoms with E-state index in [9.17, 15) is 0 Å².